The Bertz CT molecular complexity index is 1210. The number of hydrogen-bond acceptors (Lipinski definition) is 6. The zero-order valence-electron chi connectivity index (χ0n) is 42.0. The first kappa shape index (κ1) is 60.9. The standard InChI is InChI=1S/C58H100O6/c1-4-7-10-13-16-19-22-25-27-28-29-31-33-36-39-42-45-48-51-57(60)63-54-55(53-62-56(59)50-47-44-41-38-35-32-24-21-18-15-12-9-6-3)64-58(61)52-49-46-43-40-37-34-30-26-23-20-17-14-11-8-5-2/h12,15,17,19-22,24,26-28,30,55H,4-11,13-14,16,18,23,25,29,31-54H2,1-3H3/b15-12-,20-17-,22-19-,24-21-,28-27-,30-26-. The minimum Gasteiger partial charge on any atom is -0.462 e. The number of carbonyl (C=O) groups excluding carboxylic acids is 3. The molecule has 0 amide bonds. The fourth-order valence-electron chi connectivity index (χ4n) is 7.30. The van der Waals surface area contributed by atoms with Gasteiger partial charge < -0.3 is 14.2 Å². The predicted octanol–water partition coefficient (Wildman–Crippen LogP) is 17.8. The number of unbranched alkanes of at least 4 members (excludes halogenated alkanes) is 25. The van der Waals surface area contributed by atoms with Crippen LogP contribution in [-0.4, -0.2) is 37.2 Å². The highest BCUT2D eigenvalue weighted by Gasteiger charge is 2.19. The Morgan fingerprint density at radius 2 is 0.594 bits per heavy atom. The number of esters is 3. The molecule has 0 aromatic rings. The van der Waals surface area contributed by atoms with Gasteiger partial charge in [0.2, 0.25) is 0 Å². The van der Waals surface area contributed by atoms with Crippen LogP contribution in [0.2, 0.25) is 0 Å². The second-order valence-corrected chi connectivity index (χ2v) is 17.8. The van der Waals surface area contributed by atoms with Gasteiger partial charge in [0, 0.05) is 19.3 Å². The van der Waals surface area contributed by atoms with Crippen LogP contribution < -0.4 is 0 Å². The average molecular weight is 893 g/mol. The topological polar surface area (TPSA) is 78.9 Å². The van der Waals surface area contributed by atoms with Crippen molar-refractivity contribution in [2.45, 2.75) is 264 Å². The molecule has 64 heavy (non-hydrogen) atoms. The van der Waals surface area contributed by atoms with Crippen molar-refractivity contribution in [3.63, 3.8) is 0 Å². The van der Waals surface area contributed by atoms with E-state index in [2.05, 4.69) is 93.7 Å². The van der Waals surface area contributed by atoms with E-state index in [1.165, 1.54) is 89.9 Å². The van der Waals surface area contributed by atoms with E-state index in [4.69, 9.17) is 14.2 Å². The Morgan fingerprint density at radius 3 is 0.953 bits per heavy atom. The van der Waals surface area contributed by atoms with E-state index in [1.54, 1.807) is 0 Å². The van der Waals surface area contributed by atoms with Crippen LogP contribution in [0.15, 0.2) is 72.9 Å². The molecule has 6 heteroatoms. The Kier molecular flexibility index (Phi) is 49.9. The van der Waals surface area contributed by atoms with Gasteiger partial charge in [0.15, 0.2) is 6.10 Å². The van der Waals surface area contributed by atoms with E-state index in [0.717, 1.165) is 128 Å². The zero-order chi connectivity index (χ0) is 46.5. The fourth-order valence-corrected chi connectivity index (χ4v) is 7.30. The van der Waals surface area contributed by atoms with Crippen molar-refractivity contribution in [3.8, 4) is 0 Å². The van der Waals surface area contributed by atoms with Gasteiger partial charge in [-0.05, 0) is 109 Å². The molecule has 0 bridgehead atoms. The third-order valence-electron chi connectivity index (χ3n) is 11.4. The molecule has 0 fully saturated rings. The van der Waals surface area contributed by atoms with Crippen LogP contribution in [0.3, 0.4) is 0 Å². The Morgan fingerprint density at radius 1 is 0.312 bits per heavy atom. The number of rotatable bonds is 48. The third-order valence-corrected chi connectivity index (χ3v) is 11.4. The van der Waals surface area contributed by atoms with Gasteiger partial charge in [-0.25, -0.2) is 0 Å². The summed E-state index contributed by atoms with van der Waals surface area (Å²) >= 11 is 0. The quantitative estimate of drug-likeness (QED) is 0.0262. The summed E-state index contributed by atoms with van der Waals surface area (Å²) in [6, 6.07) is 0. The van der Waals surface area contributed by atoms with Gasteiger partial charge in [0.25, 0.3) is 0 Å². The van der Waals surface area contributed by atoms with E-state index >= 15 is 0 Å². The number of hydrogen-bond donors (Lipinski definition) is 0. The lowest BCUT2D eigenvalue weighted by molar-refractivity contribution is -0.167. The third kappa shape index (κ3) is 49.9. The molecule has 0 heterocycles. The number of ether oxygens (including phenoxy) is 3. The Hall–Kier alpha value is -3.15. The first-order valence-electron chi connectivity index (χ1n) is 26.9. The summed E-state index contributed by atoms with van der Waals surface area (Å²) < 4.78 is 16.8. The Balaban J connectivity index is 4.42. The van der Waals surface area contributed by atoms with E-state index in [-0.39, 0.29) is 31.1 Å². The molecule has 0 aliphatic carbocycles. The maximum absolute atomic E-state index is 12.8. The molecule has 0 N–H and O–H groups in total. The SMILES string of the molecule is CCC/C=C\C/C=C\CCCCCCCC(=O)OCC(COC(=O)CCCCCCCCC/C=C\C/C=C\CCCCCC)OC(=O)CCCCCCC/C=C\C/C=C\CCCCC. The minimum absolute atomic E-state index is 0.0900. The first-order valence-corrected chi connectivity index (χ1v) is 26.9. The van der Waals surface area contributed by atoms with Gasteiger partial charge in [-0.1, -0.05) is 203 Å². The molecule has 1 unspecified atom stereocenters. The summed E-state index contributed by atoms with van der Waals surface area (Å²) in [6.45, 7) is 6.51. The van der Waals surface area contributed by atoms with Crippen LogP contribution in [0.25, 0.3) is 0 Å². The largest absolute Gasteiger partial charge is 0.462 e. The highest BCUT2D eigenvalue weighted by atomic mass is 16.6. The van der Waals surface area contributed by atoms with E-state index in [9.17, 15) is 14.4 Å². The van der Waals surface area contributed by atoms with Crippen molar-refractivity contribution >= 4 is 17.9 Å². The second-order valence-electron chi connectivity index (χ2n) is 17.8. The molecular formula is C58H100O6. The summed E-state index contributed by atoms with van der Waals surface area (Å²) in [5.41, 5.74) is 0. The fraction of sp³-hybridized carbons (Fsp3) is 0.741. The highest BCUT2D eigenvalue weighted by Crippen LogP contribution is 2.14. The van der Waals surface area contributed by atoms with Crippen molar-refractivity contribution in [2.75, 3.05) is 13.2 Å². The van der Waals surface area contributed by atoms with Crippen LogP contribution in [-0.2, 0) is 28.6 Å². The lowest BCUT2D eigenvalue weighted by Gasteiger charge is -2.18. The second kappa shape index (κ2) is 52.5. The van der Waals surface area contributed by atoms with Crippen LogP contribution >= 0.6 is 0 Å². The van der Waals surface area contributed by atoms with Crippen LogP contribution in [0.1, 0.15) is 258 Å². The molecule has 0 spiro atoms. The molecule has 368 valence electrons. The molecule has 1 atom stereocenters. The van der Waals surface area contributed by atoms with Gasteiger partial charge >= 0.3 is 17.9 Å². The van der Waals surface area contributed by atoms with Gasteiger partial charge in [-0.3, -0.25) is 14.4 Å². The lowest BCUT2D eigenvalue weighted by Crippen LogP contribution is -2.30. The van der Waals surface area contributed by atoms with Crippen molar-refractivity contribution < 1.29 is 28.6 Å². The summed E-state index contributed by atoms with van der Waals surface area (Å²) in [4.78, 5) is 38.0. The van der Waals surface area contributed by atoms with Crippen molar-refractivity contribution in [1.29, 1.82) is 0 Å². The van der Waals surface area contributed by atoms with Gasteiger partial charge in [0.05, 0.1) is 0 Å². The van der Waals surface area contributed by atoms with E-state index < -0.39 is 6.10 Å². The molecule has 0 radical (unpaired) electrons. The number of allylic oxidation sites excluding steroid dienone is 12. The van der Waals surface area contributed by atoms with Crippen LogP contribution in [0, 0.1) is 0 Å². The molecule has 6 nitrogen and oxygen atoms in total. The predicted molar refractivity (Wildman–Crippen MR) is 274 cm³/mol. The summed E-state index contributed by atoms with van der Waals surface area (Å²) in [5.74, 6) is -0.923. The van der Waals surface area contributed by atoms with Crippen molar-refractivity contribution in [1.82, 2.24) is 0 Å². The molecule has 0 aromatic carbocycles. The molecule has 0 rings (SSSR count). The lowest BCUT2D eigenvalue weighted by atomic mass is 10.1. The van der Waals surface area contributed by atoms with Crippen molar-refractivity contribution in [2.24, 2.45) is 0 Å². The number of carbonyl (C=O) groups is 3. The van der Waals surface area contributed by atoms with E-state index in [0.29, 0.717) is 19.3 Å². The molecule has 0 saturated heterocycles. The van der Waals surface area contributed by atoms with Gasteiger partial charge in [-0.15, -0.1) is 0 Å². The molecule has 0 aliphatic heterocycles. The van der Waals surface area contributed by atoms with Gasteiger partial charge in [-0.2, -0.15) is 0 Å². The minimum atomic E-state index is -0.791. The molecule has 0 aliphatic rings. The molecule has 0 aromatic heterocycles. The van der Waals surface area contributed by atoms with Gasteiger partial charge in [0.1, 0.15) is 13.2 Å². The highest BCUT2D eigenvalue weighted by molar-refractivity contribution is 5.71. The first-order chi connectivity index (χ1) is 31.5. The Labute approximate surface area is 395 Å². The van der Waals surface area contributed by atoms with Crippen LogP contribution in [0.5, 0.6) is 0 Å². The monoisotopic (exact) mass is 893 g/mol. The maximum atomic E-state index is 12.8. The van der Waals surface area contributed by atoms with Crippen LogP contribution in [0.4, 0.5) is 0 Å². The summed E-state index contributed by atoms with van der Waals surface area (Å²) in [6.07, 6.45) is 65.9. The molecule has 0 saturated carbocycles. The zero-order valence-corrected chi connectivity index (χ0v) is 42.0. The van der Waals surface area contributed by atoms with Crippen molar-refractivity contribution in [3.05, 3.63) is 72.9 Å². The average Bonchev–Trinajstić information content (AvgIpc) is 3.29. The summed E-state index contributed by atoms with van der Waals surface area (Å²) in [7, 11) is 0. The summed E-state index contributed by atoms with van der Waals surface area (Å²) in [5, 5.41) is 0. The van der Waals surface area contributed by atoms with E-state index in [1.807, 2.05) is 0 Å². The smallest absolute Gasteiger partial charge is 0.306 e. The normalized spacial score (nSPS) is 12.6. The maximum Gasteiger partial charge on any atom is 0.306 e. The molecular weight excluding hydrogens is 793 g/mol.